The number of hydrogen-bond donors (Lipinski definition) is 2. The van der Waals surface area contributed by atoms with Gasteiger partial charge in [-0.05, 0) is 99.8 Å². The maximum atomic E-state index is 13.3. The highest BCUT2D eigenvalue weighted by atomic mass is 16.5. The standard InChI is InChI=1S/C40H50N4O4/c1-43(29-39(46)42-34(18-8-16-31-12-4-2-5-13-31)19-9-17-32-14-6-3-7-15-32)40(47)33-23-26-44(27-24-33)28-35(45)30-48-38-22-10-21-37-36(38)20-11-25-41-37/h2-7,10-15,20-22,25,33-35,45H,8-9,16-19,23-24,26-30H2,1H3,(H,42,46)/t35-/m1/s1. The van der Waals surface area contributed by atoms with Crippen LogP contribution >= 0.6 is 0 Å². The number of aliphatic hydroxyl groups is 1. The number of carbonyl (C=O) groups excluding carboxylic acids is 2. The van der Waals surface area contributed by atoms with Gasteiger partial charge in [0, 0.05) is 37.1 Å². The van der Waals surface area contributed by atoms with Crippen LogP contribution in [0.25, 0.3) is 10.9 Å². The lowest BCUT2D eigenvalue weighted by molar-refractivity contribution is -0.139. The normalized spacial score (nSPS) is 14.6. The highest BCUT2D eigenvalue weighted by Gasteiger charge is 2.29. The molecule has 48 heavy (non-hydrogen) atoms. The number of ether oxygens (including phenoxy) is 1. The molecule has 0 bridgehead atoms. The smallest absolute Gasteiger partial charge is 0.239 e. The largest absolute Gasteiger partial charge is 0.490 e. The van der Waals surface area contributed by atoms with Crippen LogP contribution in [0.15, 0.2) is 97.2 Å². The molecule has 0 radical (unpaired) electrons. The van der Waals surface area contributed by atoms with E-state index in [9.17, 15) is 14.7 Å². The van der Waals surface area contributed by atoms with E-state index in [1.54, 1.807) is 18.1 Å². The van der Waals surface area contributed by atoms with Gasteiger partial charge >= 0.3 is 0 Å². The summed E-state index contributed by atoms with van der Waals surface area (Å²) in [6, 6.07) is 30.6. The number of likely N-dealkylation sites (N-methyl/N-ethyl adjacent to an activating group) is 1. The van der Waals surface area contributed by atoms with E-state index >= 15 is 0 Å². The molecule has 1 fully saturated rings. The van der Waals surface area contributed by atoms with Crippen LogP contribution in [0, 0.1) is 5.92 Å². The monoisotopic (exact) mass is 650 g/mol. The Hall–Kier alpha value is -4.27. The number of benzene rings is 3. The van der Waals surface area contributed by atoms with E-state index in [0.29, 0.717) is 25.1 Å². The van der Waals surface area contributed by atoms with Crippen molar-refractivity contribution in [3.8, 4) is 5.75 Å². The number of piperidine rings is 1. The summed E-state index contributed by atoms with van der Waals surface area (Å²) < 4.78 is 5.95. The van der Waals surface area contributed by atoms with Crippen LogP contribution in [0.5, 0.6) is 5.75 Å². The number of aliphatic hydroxyl groups excluding tert-OH is 1. The molecular weight excluding hydrogens is 600 g/mol. The fourth-order valence-corrected chi connectivity index (χ4v) is 6.66. The molecule has 0 saturated carbocycles. The average molecular weight is 651 g/mol. The molecule has 8 heteroatoms. The lowest BCUT2D eigenvalue weighted by atomic mass is 9.95. The summed E-state index contributed by atoms with van der Waals surface area (Å²) in [4.78, 5) is 34.6. The van der Waals surface area contributed by atoms with Gasteiger partial charge in [0.15, 0.2) is 0 Å². The van der Waals surface area contributed by atoms with E-state index < -0.39 is 6.10 Å². The Morgan fingerprint density at radius 1 is 0.896 bits per heavy atom. The Bertz CT molecular complexity index is 1510. The minimum Gasteiger partial charge on any atom is -0.490 e. The van der Waals surface area contributed by atoms with Gasteiger partial charge < -0.3 is 25.0 Å². The predicted molar refractivity (Wildman–Crippen MR) is 191 cm³/mol. The lowest BCUT2D eigenvalue weighted by Crippen LogP contribution is -2.47. The predicted octanol–water partition coefficient (Wildman–Crippen LogP) is 5.68. The van der Waals surface area contributed by atoms with Crippen LogP contribution in [0.4, 0.5) is 0 Å². The van der Waals surface area contributed by atoms with Crippen molar-refractivity contribution in [3.63, 3.8) is 0 Å². The first-order chi connectivity index (χ1) is 23.4. The number of pyridine rings is 1. The van der Waals surface area contributed by atoms with Crippen molar-refractivity contribution >= 4 is 22.7 Å². The minimum absolute atomic E-state index is 0.0166. The van der Waals surface area contributed by atoms with Crippen molar-refractivity contribution in [1.82, 2.24) is 20.1 Å². The van der Waals surface area contributed by atoms with Gasteiger partial charge in [0.2, 0.25) is 11.8 Å². The number of nitrogens with zero attached hydrogens (tertiary/aromatic N) is 3. The van der Waals surface area contributed by atoms with Gasteiger partial charge in [0.05, 0.1) is 12.1 Å². The molecule has 0 aliphatic carbocycles. The van der Waals surface area contributed by atoms with Crippen LogP contribution in [-0.2, 0) is 22.4 Å². The molecule has 4 aromatic rings. The van der Waals surface area contributed by atoms with Crippen molar-refractivity contribution in [2.24, 2.45) is 5.92 Å². The Kier molecular flexibility index (Phi) is 13.4. The first-order valence-corrected chi connectivity index (χ1v) is 17.4. The molecule has 1 atom stereocenters. The van der Waals surface area contributed by atoms with E-state index in [-0.39, 0.29) is 36.9 Å². The van der Waals surface area contributed by atoms with Gasteiger partial charge in [-0.25, -0.2) is 0 Å². The zero-order valence-corrected chi connectivity index (χ0v) is 28.2. The number of hydrogen-bond acceptors (Lipinski definition) is 6. The van der Waals surface area contributed by atoms with Crippen LogP contribution in [0.3, 0.4) is 0 Å². The highest BCUT2D eigenvalue weighted by Crippen LogP contribution is 2.24. The number of aryl methyl sites for hydroxylation is 2. The van der Waals surface area contributed by atoms with Crippen LogP contribution in [-0.4, -0.2) is 83.7 Å². The first-order valence-electron chi connectivity index (χ1n) is 17.4. The summed E-state index contributed by atoms with van der Waals surface area (Å²) in [7, 11) is 1.73. The molecule has 2 amide bonds. The first kappa shape index (κ1) is 35.0. The second-order valence-corrected chi connectivity index (χ2v) is 13.1. The van der Waals surface area contributed by atoms with Crippen molar-refractivity contribution in [2.45, 2.75) is 63.5 Å². The third-order valence-corrected chi connectivity index (χ3v) is 9.29. The van der Waals surface area contributed by atoms with Gasteiger partial charge in [-0.2, -0.15) is 0 Å². The highest BCUT2D eigenvalue weighted by molar-refractivity contribution is 5.86. The fourth-order valence-electron chi connectivity index (χ4n) is 6.66. The Morgan fingerprint density at radius 2 is 1.54 bits per heavy atom. The molecule has 8 nitrogen and oxygen atoms in total. The summed E-state index contributed by atoms with van der Waals surface area (Å²) in [5.74, 6) is 0.505. The molecule has 2 heterocycles. The summed E-state index contributed by atoms with van der Waals surface area (Å²) >= 11 is 0. The van der Waals surface area contributed by atoms with E-state index in [1.807, 2.05) is 42.5 Å². The average Bonchev–Trinajstić information content (AvgIpc) is 3.11. The number of carbonyl (C=O) groups is 2. The maximum Gasteiger partial charge on any atom is 0.239 e. The summed E-state index contributed by atoms with van der Waals surface area (Å²) in [6.45, 7) is 2.17. The molecule has 2 N–H and O–H groups in total. The SMILES string of the molecule is CN(CC(=O)NC(CCCc1ccccc1)CCCc1ccccc1)C(=O)C1CCN(C[C@@H](O)COc2cccc3ncccc23)CC1. The van der Waals surface area contributed by atoms with Gasteiger partial charge in [-0.3, -0.25) is 14.6 Å². The Morgan fingerprint density at radius 3 is 2.19 bits per heavy atom. The molecule has 1 aromatic heterocycles. The topological polar surface area (TPSA) is 95.0 Å². The number of β-amino-alcohol motifs (C(OH)–C–C–N with tert-alkyl or cyclic N) is 1. The minimum atomic E-state index is -0.649. The van der Waals surface area contributed by atoms with Crippen molar-refractivity contribution in [1.29, 1.82) is 0 Å². The molecule has 0 spiro atoms. The number of amides is 2. The van der Waals surface area contributed by atoms with Gasteiger partial charge in [-0.1, -0.05) is 66.7 Å². The maximum absolute atomic E-state index is 13.3. The summed E-state index contributed by atoms with van der Waals surface area (Å²) in [5, 5.41) is 14.9. The van der Waals surface area contributed by atoms with Crippen LogP contribution in [0.2, 0.25) is 0 Å². The molecular formula is C40H50N4O4. The molecule has 254 valence electrons. The van der Waals surface area contributed by atoms with E-state index in [0.717, 1.165) is 62.5 Å². The van der Waals surface area contributed by atoms with Gasteiger partial charge in [-0.15, -0.1) is 0 Å². The van der Waals surface area contributed by atoms with Crippen molar-refractivity contribution in [3.05, 3.63) is 108 Å². The summed E-state index contributed by atoms with van der Waals surface area (Å²) in [6.07, 6.45) is 8.27. The number of nitrogens with one attached hydrogen (secondary N) is 1. The molecule has 1 aliphatic rings. The Labute approximate surface area is 285 Å². The number of likely N-dealkylation sites (tertiary alicyclic amines) is 1. The van der Waals surface area contributed by atoms with Gasteiger partial charge in [0.1, 0.15) is 18.5 Å². The summed E-state index contributed by atoms with van der Waals surface area (Å²) in [5.41, 5.74) is 3.48. The second-order valence-electron chi connectivity index (χ2n) is 13.1. The zero-order valence-electron chi connectivity index (χ0n) is 28.2. The molecule has 0 unspecified atom stereocenters. The van der Waals surface area contributed by atoms with E-state index in [2.05, 4.69) is 63.7 Å². The zero-order chi connectivity index (χ0) is 33.6. The Balaban J connectivity index is 1.03. The molecule has 1 aliphatic heterocycles. The molecule has 3 aromatic carbocycles. The lowest BCUT2D eigenvalue weighted by Gasteiger charge is -2.34. The van der Waals surface area contributed by atoms with E-state index in [1.165, 1.54) is 11.1 Å². The van der Waals surface area contributed by atoms with Crippen molar-refractivity contribution < 1.29 is 19.4 Å². The number of rotatable bonds is 17. The number of aromatic nitrogens is 1. The van der Waals surface area contributed by atoms with Crippen LogP contribution in [0.1, 0.15) is 49.7 Å². The molecule has 1 saturated heterocycles. The quantitative estimate of drug-likeness (QED) is 0.153. The number of fused-ring (bicyclic) bond motifs is 1. The van der Waals surface area contributed by atoms with E-state index in [4.69, 9.17) is 4.74 Å². The second kappa shape index (κ2) is 18.3. The van der Waals surface area contributed by atoms with Crippen molar-refractivity contribution in [2.75, 3.05) is 39.8 Å². The third-order valence-electron chi connectivity index (χ3n) is 9.29. The van der Waals surface area contributed by atoms with Gasteiger partial charge in [0.25, 0.3) is 0 Å². The third kappa shape index (κ3) is 10.9. The van der Waals surface area contributed by atoms with Crippen LogP contribution < -0.4 is 10.1 Å². The molecule has 5 rings (SSSR count). The fraction of sp³-hybridized carbons (Fsp3) is 0.425.